The summed E-state index contributed by atoms with van der Waals surface area (Å²) in [7, 11) is 0. The summed E-state index contributed by atoms with van der Waals surface area (Å²) in [5.41, 5.74) is 5.97. The minimum absolute atomic E-state index is 0. The Morgan fingerprint density at radius 1 is 1.31 bits per heavy atom. The molecular weight excluding hydrogens is 415 g/mol. The molecule has 4 N–H and O–H groups in total. The lowest BCUT2D eigenvalue weighted by Crippen LogP contribution is -2.55. The Labute approximate surface area is 173 Å². The van der Waals surface area contributed by atoms with Gasteiger partial charge in [-0.05, 0) is 24.3 Å². The van der Waals surface area contributed by atoms with Gasteiger partial charge >= 0.3 is 0 Å². The number of halogens is 2. The van der Waals surface area contributed by atoms with Gasteiger partial charge in [0.2, 0.25) is 5.91 Å². The largest absolute Gasteiger partial charge is 0.349 e. The number of anilines is 1. The average molecular weight is 439 g/mol. The number of carbonyl (C=O) groups excluding carboxylic acids is 2. The molecule has 0 radical (unpaired) electrons. The lowest BCUT2D eigenvalue weighted by molar-refractivity contribution is -0.122. The van der Waals surface area contributed by atoms with E-state index in [-0.39, 0.29) is 49.0 Å². The van der Waals surface area contributed by atoms with Gasteiger partial charge in [0, 0.05) is 11.9 Å². The molecule has 0 spiro atoms. The molecule has 0 saturated heterocycles. The van der Waals surface area contributed by atoms with Crippen molar-refractivity contribution in [1.82, 2.24) is 10.3 Å². The Morgan fingerprint density at radius 2 is 2.00 bits per heavy atom. The molecule has 2 amide bonds. The summed E-state index contributed by atoms with van der Waals surface area (Å²) in [4.78, 5) is 29.1. The number of amides is 2. The molecule has 0 aliphatic heterocycles. The number of aromatic nitrogens is 1. The predicted octanol–water partition coefficient (Wildman–Crippen LogP) is 3.33. The van der Waals surface area contributed by atoms with Gasteiger partial charge in [0.25, 0.3) is 5.91 Å². The Bertz CT molecular complexity index is 707. The standard InChI is InChI=1S/C16H22N4O2S2.2ClH/c1-10(2)16(3,9-17)20-13(21)7-11-8-24-15(18-11)19-14(22)12-5-4-6-23-12;;/h4-6,8,10H,7,9,17H2,1-3H3,(H,20,21)(H,18,19,22);2*1H. The Balaban J connectivity index is 0.00000312. The number of thiophene rings is 1. The monoisotopic (exact) mass is 438 g/mol. The van der Waals surface area contributed by atoms with Crippen LogP contribution in [0.2, 0.25) is 0 Å². The average Bonchev–Trinajstić information content (AvgIpc) is 3.18. The molecular formula is C16H24Cl2N4O2S2. The molecule has 6 nitrogen and oxygen atoms in total. The number of nitrogens with one attached hydrogen (secondary N) is 2. The van der Waals surface area contributed by atoms with Crippen molar-refractivity contribution in [1.29, 1.82) is 0 Å². The van der Waals surface area contributed by atoms with E-state index in [1.54, 1.807) is 11.4 Å². The van der Waals surface area contributed by atoms with Crippen molar-refractivity contribution < 1.29 is 9.59 Å². The predicted molar refractivity (Wildman–Crippen MR) is 113 cm³/mol. The van der Waals surface area contributed by atoms with E-state index in [0.717, 1.165) is 0 Å². The van der Waals surface area contributed by atoms with Crippen LogP contribution < -0.4 is 16.4 Å². The summed E-state index contributed by atoms with van der Waals surface area (Å²) in [6, 6.07) is 3.57. The highest BCUT2D eigenvalue weighted by atomic mass is 35.5. The Hall–Kier alpha value is -1.19. The van der Waals surface area contributed by atoms with E-state index in [9.17, 15) is 9.59 Å². The molecule has 0 aromatic carbocycles. The first-order valence-electron chi connectivity index (χ1n) is 7.64. The van der Waals surface area contributed by atoms with Crippen LogP contribution in [0.3, 0.4) is 0 Å². The number of hydrogen-bond acceptors (Lipinski definition) is 6. The number of carbonyl (C=O) groups is 2. The zero-order valence-corrected chi connectivity index (χ0v) is 18.0. The molecule has 146 valence electrons. The molecule has 0 bridgehead atoms. The molecule has 0 fully saturated rings. The Kier molecular flexibility index (Phi) is 10.3. The second-order valence-corrected chi connectivity index (χ2v) is 7.88. The molecule has 2 aromatic heterocycles. The second kappa shape index (κ2) is 10.8. The smallest absolute Gasteiger partial charge is 0.267 e. The zero-order chi connectivity index (χ0) is 17.7. The maximum atomic E-state index is 12.2. The van der Waals surface area contributed by atoms with Crippen LogP contribution in [0.1, 0.15) is 36.1 Å². The van der Waals surface area contributed by atoms with Crippen LogP contribution in [0.15, 0.2) is 22.9 Å². The van der Waals surface area contributed by atoms with Crippen LogP contribution >= 0.6 is 47.5 Å². The first-order valence-corrected chi connectivity index (χ1v) is 9.40. The summed E-state index contributed by atoms with van der Waals surface area (Å²) in [5.74, 6) is -0.0912. The number of nitrogens with two attached hydrogens (primary N) is 1. The van der Waals surface area contributed by atoms with Crippen molar-refractivity contribution in [3.05, 3.63) is 33.5 Å². The van der Waals surface area contributed by atoms with Crippen molar-refractivity contribution in [2.75, 3.05) is 11.9 Å². The summed E-state index contributed by atoms with van der Waals surface area (Å²) in [6.07, 6.45) is 0.160. The topological polar surface area (TPSA) is 97.1 Å². The van der Waals surface area contributed by atoms with E-state index in [4.69, 9.17) is 5.73 Å². The maximum absolute atomic E-state index is 12.2. The second-order valence-electron chi connectivity index (χ2n) is 6.08. The van der Waals surface area contributed by atoms with Crippen LogP contribution in [-0.2, 0) is 11.2 Å². The van der Waals surface area contributed by atoms with Crippen molar-refractivity contribution in [2.24, 2.45) is 11.7 Å². The van der Waals surface area contributed by atoms with Crippen LogP contribution in [0.4, 0.5) is 5.13 Å². The number of rotatable bonds is 7. The lowest BCUT2D eigenvalue weighted by atomic mass is 9.88. The SMILES string of the molecule is CC(C)C(C)(CN)NC(=O)Cc1csc(NC(=O)c2cccs2)n1.Cl.Cl. The van der Waals surface area contributed by atoms with Gasteiger partial charge in [-0.1, -0.05) is 19.9 Å². The molecule has 0 aliphatic rings. The minimum atomic E-state index is -0.441. The third-order valence-electron chi connectivity index (χ3n) is 3.98. The highest BCUT2D eigenvalue weighted by Crippen LogP contribution is 2.19. The minimum Gasteiger partial charge on any atom is -0.349 e. The summed E-state index contributed by atoms with van der Waals surface area (Å²) in [6.45, 7) is 6.35. The third kappa shape index (κ3) is 6.51. The maximum Gasteiger partial charge on any atom is 0.267 e. The normalized spacial score (nSPS) is 12.5. The fourth-order valence-electron chi connectivity index (χ4n) is 1.97. The first kappa shape index (κ1) is 24.8. The molecule has 0 saturated carbocycles. The molecule has 2 rings (SSSR count). The quantitative estimate of drug-likeness (QED) is 0.617. The summed E-state index contributed by atoms with van der Waals surface area (Å²) >= 11 is 2.67. The molecule has 2 heterocycles. The van der Waals surface area contributed by atoms with Gasteiger partial charge in [0.15, 0.2) is 5.13 Å². The molecule has 1 unspecified atom stereocenters. The van der Waals surface area contributed by atoms with Crippen molar-refractivity contribution in [3.63, 3.8) is 0 Å². The van der Waals surface area contributed by atoms with Gasteiger partial charge in [-0.3, -0.25) is 14.9 Å². The van der Waals surface area contributed by atoms with E-state index in [2.05, 4.69) is 15.6 Å². The summed E-state index contributed by atoms with van der Waals surface area (Å²) < 4.78 is 0. The zero-order valence-electron chi connectivity index (χ0n) is 14.8. The molecule has 1 atom stereocenters. The van der Waals surface area contributed by atoms with Crippen LogP contribution in [-0.4, -0.2) is 28.9 Å². The van der Waals surface area contributed by atoms with E-state index in [1.165, 1.54) is 22.7 Å². The lowest BCUT2D eigenvalue weighted by Gasteiger charge is -2.33. The van der Waals surface area contributed by atoms with E-state index in [1.807, 2.05) is 32.2 Å². The number of hydrogen-bond donors (Lipinski definition) is 3. The fraction of sp³-hybridized carbons (Fsp3) is 0.438. The van der Waals surface area contributed by atoms with Gasteiger partial charge in [-0.25, -0.2) is 4.98 Å². The first-order chi connectivity index (χ1) is 11.3. The van der Waals surface area contributed by atoms with Gasteiger partial charge in [0.1, 0.15) is 0 Å². The molecule has 0 aliphatic carbocycles. The van der Waals surface area contributed by atoms with Crippen molar-refractivity contribution in [3.8, 4) is 0 Å². The van der Waals surface area contributed by atoms with E-state index >= 15 is 0 Å². The molecule has 10 heteroatoms. The molecule has 2 aromatic rings. The summed E-state index contributed by atoms with van der Waals surface area (Å²) in [5, 5.41) is 9.83. The van der Waals surface area contributed by atoms with Gasteiger partial charge in [0.05, 0.1) is 22.5 Å². The van der Waals surface area contributed by atoms with Crippen molar-refractivity contribution in [2.45, 2.75) is 32.7 Å². The number of nitrogens with zero attached hydrogens (tertiary/aromatic N) is 1. The highest BCUT2D eigenvalue weighted by Gasteiger charge is 2.28. The van der Waals surface area contributed by atoms with Gasteiger partial charge < -0.3 is 11.1 Å². The third-order valence-corrected chi connectivity index (χ3v) is 5.66. The molecule has 26 heavy (non-hydrogen) atoms. The van der Waals surface area contributed by atoms with Crippen LogP contribution in [0.25, 0.3) is 0 Å². The van der Waals surface area contributed by atoms with E-state index in [0.29, 0.717) is 22.2 Å². The Morgan fingerprint density at radius 3 is 2.54 bits per heavy atom. The van der Waals surface area contributed by atoms with Crippen LogP contribution in [0.5, 0.6) is 0 Å². The van der Waals surface area contributed by atoms with Crippen LogP contribution in [0, 0.1) is 5.92 Å². The number of thiazole rings is 1. The van der Waals surface area contributed by atoms with E-state index < -0.39 is 5.54 Å². The van der Waals surface area contributed by atoms with Gasteiger partial charge in [-0.2, -0.15) is 0 Å². The van der Waals surface area contributed by atoms with Gasteiger partial charge in [-0.15, -0.1) is 47.5 Å². The fourth-order valence-corrected chi connectivity index (χ4v) is 3.29. The van der Waals surface area contributed by atoms with Crippen molar-refractivity contribution >= 4 is 64.4 Å². The highest BCUT2D eigenvalue weighted by molar-refractivity contribution is 7.14.